The Labute approximate surface area is 88.4 Å². The van der Waals surface area contributed by atoms with Gasteiger partial charge in [-0.3, -0.25) is 0 Å². The van der Waals surface area contributed by atoms with Gasteiger partial charge in [-0.15, -0.1) is 12.4 Å². The highest BCUT2D eigenvalue weighted by Gasteiger charge is 2.18. The zero-order valence-electron chi connectivity index (χ0n) is 9.03. The standard InChI is InChI=1S/C9H18N2Si.ClH/c1-9(2,3)11-7-6-10-8(11)12(4)5;/h6-7,12H,1-5H3;1H. The highest BCUT2D eigenvalue weighted by molar-refractivity contribution is 6.69. The van der Waals surface area contributed by atoms with Gasteiger partial charge < -0.3 is 4.57 Å². The number of hydrogen-bond acceptors (Lipinski definition) is 1. The smallest absolute Gasteiger partial charge is 0.110 e. The van der Waals surface area contributed by atoms with Crippen LogP contribution in [-0.2, 0) is 5.54 Å². The first-order valence-corrected chi connectivity index (χ1v) is 7.35. The average Bonchev–Trinajstić information content (AvgIpc) is 2.30. The second-order valence-corrected chi connectivity index (χ2v) is 7.31. The van der Waals surface area contributed by atoms with Gasteiger partial charge in [0.2, 0.25) is 0 Å². The Balaban J connectivity index is 0.00000144. The van der Waals surface area contributed by atoms with Gasteiger partial charge in [0, 0.05) is 17.9 Å². The van der Waals surface area contributed by atoms with Crippen LogP contribution in [0.15, 0.2) is 12.4 Å². The molecule has 76 valence electrons. The zero-order chi connectivity index (χ0) is 9.35. The van der Waals surface area contributed by atoms with Crippen LogP contribution in [0.1, 0.15) is 20.8 Å². The summed E-state index contributed by atoms with van der Waals surface area (Å²) >= 11 is 0. The van der Waals surface area contributed by atoms with Crippen LogP contribution in [0.5, 0.6) is 0 Å². The summed E-state index contributed by atoms with van der Waals surface area (Å²) in [6, 6.07) is 0. The molecule has 0 unspecified atom stereocenters. The van der Waals surface area contributed by atoms with E-state index in [1.165, 1.54) is 5.45 Å². The molecule has 0 aromatic carbocycles. The second-order valence-electron chi connectivity index (χ2n) is 4.48. The monoisotopic (exact) mass is 218 g/mol. The van der Waals surface area contributed by atoms with Crippen LogP contribution >= 0.6 is 12.4 Å². The summed E-state index contributed by atoms with van der Waals surface area (Å²) in [5, 5.41) is 0. The van der Waals surface area contributed by atoms with Crippen molar-refractivity contribution >= 4 is 26.7 Å². The molecular weight excluding hydrogens is 200 g/mol. The molecule has 13 heavy (non-hydrogen) atoms. The Morgan fingerprint density at radius 3 is 2.15 bits per heavy atom. The summed E-state index contributed by atoms with van der Waals surface area (Å²) in [7, 11) is -0.767. The lowest BCUT2D eigenvalue weighted by Gasteiger charge is -2.24. The highest BCUT2D eigenvalue weighted by atomic mass is 35.5. The Hall–Kier alpha value is -0.283. The third-order valence-electron chi connectivity index (χ3n) is 1.91. The highest BCUT2D eigenvalue weighted by Crippen LogP contribution is 2.11. The summed E-state index contributed by atoms with van der Waals surface area (Å²) in [6.45, 7) is 11.3. The topological polar surface area (TPSA) is 17.8 Å². The van der Waals surface area contributed by atoms with Crippen molar-refractivity contribution in [1.82, 2.24) is 9.55 Å². The molecule has 4 heteroatoms. The molecule has 1 rings (SSSR count). The van der Waals surface area contributed by atoms with Gasteiger partial charge in [0.05, 0.1) is 5.45 Å². The van der Waals surface area contributed by atoms with Gasteiger partial charge in [-0.1, -0.05) is 13.1 Å². The minimum absolute atomic E-state index is 0. The molecule has 0 spiro atoms. The first kappa shape index (κ1) is 12.7. The third kappa shape index (κ3) is 2.85. The lowest BCUT2D eigenvalue weighted by atomic mass is 10.1. The number of halogens is 1. The number of aromatic nitrogens is 2. The summed E-state index contributed by atoms with van der Waals surface area (Å²) in [4.78, 5) is 4.41. The molecule has 1 heterocycles. The first-order valence-electron chi connectivity index (χ1n) is 4.46. The van der Waals surface area contributed by atoms with E-state index in [0.717, 1.165) is 0 Å². The SMILES string of the molecule is C[SiH](C)c1nccn1C(C)(C)C.Cl. The van der Waals surface area contributed by atoms with Gasteiger partial charge in [-0.05, 0) is 20.8 Å². The van der Waals surface area contributed by atoms with E-state index < -0.39 is 8.80 Å². The molecule has 0 amide bonds. The maximum atomic E-state index is 4.41. The fraction of sp³-hybridized carbons (Fsp3) is 0.667. The summed E-state index contributed by atoms with van der Waals surface area (Å²) < 4.78 is 2.30. The van der Waals surface area contributed by atoms with Crippen LogP contribution in [0.2, 0.25) is 13.1 Å². The van der Waals surface area contributed by atoms with Crippen molar-refractivity contribution in [2.75, 3.05) is 0 Å². The summed E-state index contributed by atoms with van der Waals surface area (Å²) in [6.07, 6.45) is 4.00. The van der Waals surface area contributed by atoms with Crippen molar-refractivity contribution in [1.29, 1.82) is 0 Å². The molecule has 2 nitrogen and oxygen atoms in total. The molecule has 0 saturated heterocycles. The maximum Gasteiger partial charge on any atom is 0.110 e. The largest absolute Gasteiger partial charge is 0.334 e. The van der Waals surface area contributed by atoms with E-state index >= 15 is 0 Å². The normalized spacial score (nSPS) is 11.5. The fourth-order valence-electron chi connectivity index (χ4n) is 1.31. The molecular formula is C9H19ClN2Si. The lowest BCUT2D eigenvalue weighted by Crippen LogP contribution is -2.40. The fourth-order valence-corrected chi connectivity index (χ4v) is 2.72. The molecule has 0 atom stereocenters. The van der Waals surface area contributed by atoms with Crippen molar-refractivity contribution in [3.63, 3.8) is 0 Å². The van der Waals surface area contributed by atoms with Crippen molar-refractivity contribution in [2.45, 2.75) is 39.4 Å². The van der Waals surface area contributed by atoms with Crippen LogP contribution in [0.4, 0.5) is 0 Å². The van der Waals surface area contributed by atoms with Gasteiger partial charge >= 0.3 is 0 Å². The van der Waals surface area contributed by atoms with E-state index in [-0.39, 0.29) is 17.9 Å². The molecule has 0 aliphatic rings. The van der Waals surface area contributed by atoms with Crippen LogP contribution in [0.25, 0.3) is 0 Å². The lowest BCUT2D eigenvalue weighted by molar-refractivity contribution is 0.405. The molecule has 0 saturated carbocycles. The first-order chi connectivity index (χ1) is 5.43. The van der Waals surface area contributed by atoms with Crippen LogP contribution < -0.4 is 5.45 Å². The summed E-state index contributed by atoms with van der Waals surface area (Å²) in [5.74, 6) is 0. The van der Waals surface area contributed by atoms with Crippen molar-refractivity contribution < 1.29 is 0 Å². The maximum absolute atomic E-state index is 4.41. The van der Waals surface area contributed by atoms with Gasteiger partial charge in [0.1, 0.15) is 8.80 Å². The van der Waals surface area contributed by atoms with Crippen LogP contribution in [0.3, 0.4) is 0 Å². The van der Waals surface area contributed by atoms with Crippen molar-refractivity contribution in [3.8, 4) is 0 Å². The Morgan fingerprint density at radius 1 is 1.31 bits per heavy atom. The molecule has 0 bridgehead atoms. The zero-order valence-corrected chi connectivity index (χ0v) is 11.0. The molecule has 1 aromatic heterocycles. The molecule has 1 aromatic rings. The van der Waals surface area contributed by atoms with Gasteiger partial charge in [0.25, 0.3) is 0 Å². The Morgan fingerprint density at radius 2 is 1.85 bits per heavy atom. The minimum atomic E-state index is -0.767. The molecule has 0 radical (unpaired) electrons. The number of nitrogens with zero attached hydrogens (tertiary/aromatic N) is 2. The van der Waals surface area contributed by atoms with E-state index in [9.17, 15) is 0 Å². The van der Waals surface area contributed by atoms with E-state index in [1.54, 1.807) is 0 Å². The van der Waals surface area contributed by atoms with E-state index in [4.69, 9.17) is 0 Å². The molecule has 0 fully saturated rings. The van der Waals surface area contributed by atoms with Gasteiger partial charge in [-0.2, -0.15) is 0 Å². The van der Waals surface area contributed by atoms with Crippen LogP contribution in [-0.4, -0.2) is 18.3 Å². The van der Waals surface area contributed by atoms with Gasteiger partial charge in [-0.25, -0.2) is 4.98 Å². The predicted molar refractivity (Wildman–Crippen MR) is 63.0 cm³/mol. The Bertz CT molecular complexity index is 263. The number of hydrogen-bond donors (Lipinski definition) is 0. The number of rotatable bonds is 1. The average molecular weight is 219 g/mol. The Kier molecular flexibility index (Phi) is 4.19. The third-order valence-corrected chi connectivity index (χ3v) is 3.37. The van der Waals surface area contributed by atoms with E-state index in [1.807, 2.05) is 6.20 Å². The van der Waals surface area contributed by atoms with E-state index in [2.05, 4.69) is 49.6 Å². The molecule has 0 N–H and O–H groups in total. The van der Waals surface area contributed by atoms with E-state index in [0.29, 0.717) is 0 Å². The minimum Gasteiger partial charge on any atom is -0.334 e. The molecule has 0 aliphatic heterocycles. The summed E-state index contributed by atoms with van der Waals surface area (Å²) in [5.41, 5.74) is 1.49. The van der Waals surface area contributed by atoms with Crippen molar-refractivity contribution in [3.05, 3.63) is 12.4 Å². The second kappa shape index (κ2) is 4.29. The van der Waals surface area contributed by atoms with Crippen LogP contribution in [0, 0.1) is 0 Å². The quantitative estimate of drug-likeness (QED) is 0.657. The predicted octanol–water partition coefficient (Wildman–Crippen LogP) is 1.75. The molecule has 0 aliphatic carbocycles. The van der Waals surface area contributed by atoms with Crippen molar-refractivity contribution in [2.24, 2.45) is 0 Å². The number of imidazole rings is 1. The van der Waals surface area contributed by atoms with Gasteiger partial charge in [0.15, 0.2) is 0 Å².